The van der Waals surface area contributed by atoms with Crippen molar-refractivity contribution in [2.24, 2.45) is 0 Å². The van der Waals surface area contributed by atoms with Crippen LogP contribution in [0.1, 0.15) is 12.8 Å². The van der Waals surface area contributed by atoms with Crippen LogP contribution in [0.3, 0.4) is 0 Å². The summed E-state index contributed by atoms with van der Waals surface area (Å²) in [5, 5.41) is 11.2. The summed E-state index contributed by atoms with van der Waals surface area (Å²) >= 11 is 0. The first-order valence-corrected chi connectivity index (χ1v) is 6.37. The van der Waals surface area contributed by atoms with Crippen LogP contribution in [-0.2, 0) is 9.47 Å². The fraction of sp³-hybridized carbons (Fsp3) is 0.429. The lowest BCUT2D eigenvalue weighted by molar-refractivity contribution is -0.109. The maximum absolute atomic E-state index is 5.48. The van der Waals surface area contributed by atoms with Gasteiger partial charge in [0.2, 0.25) is 11.8 Å². The van der Waals surface area contributed by atoms with E-state index >= 15 is 0 Å². The van der Waals surface area contributed by atoms with Gasteiger partial charge in [-0.25, -0.2) is 0 Å². The van der Waals surface area contributed by atoms with Gasteiger partial charge >= 0.3 is 0 Å². The number of para-hydroxylation sites is 1. The predicted octanol–water partition coefficient (Wildman–Crippen LogP) is 2.46. The maximum atomic E-state index is 5.48. The van der Waals surface area contributed by atoms with Crippen LogP contribution >= 0.6 is 0 Å². The zero-order chi connectivity index (χ0) is 14.5. The lowest BCUT2D eigenvalue weighted by Crippen LogP contribution is -2.33. The third-order valence-electron chi connectivity index (χ3n) is 2.94. The van der Waals surface area contributed by atoms with E-state index in [2.05, 4.69) is 15.5 Å². The number of aromatic nitrogens is 2. The van der Waals surface area contributed by atoms with Crippen molar-refractivity contribution in [3.05, 3.63) is 30.2 Å². The molecule has 1 aromatic carbocycles. The highest BCUT2D eigenvalue weighted by Gasteiger charge is 2.18. The van der Waals surface area contributed by atoms with Gasteiger partial charge in [-0.05, 0) is 19.1 Å². The van der Waals surface area contributed by atoms with Crippen molar-refractivity contribution in [1.82, 2.24) is 10.2 Å². The first kappa shape index (κ1) is 14.5. The fourth-order valence-electron chi connectivity index (χ4n) is 2.02. The van der Waals surface area contributed by atoms with Gasteiger partial charge in [0.1, 0.15) is 0 Å². The highest BCUT2D eigenvalue weighted by atomic mass is 16.7. The summed E-state index contributed by atoms with van der Waals surface area (Å²) in [6, 6.07) is 7.71. The number of rotatable bonds is 6. The molecule has 1 heterocycles. The maximum Gasteiger partial charge on any atom is 0.249 e. The van der Waals surface area contributed by atoms with Crippen LogP contribution in [0.4, 0.5) is 5.69 Å². The van der Waals surface area contributed by atoms with Gasteiger partial charge in [-0.15, -0.1) is 10.2 Å². The second kappa shape index (κ2) is 6.49. The summed E-state index contributed by atoms with van der Waals surface area (Å²) in [6.07, 6.45) is -0.340. The molecule has 0 spiro atoms. The van der Waals surface area contributed by atoms with Crippen molar-refractivity contribution in [2.45, 2.75) is 26.2 Å². The van der Waals surface area contributed by atoms with E-state index in [0.717, 1.165) is 11.3 Å². The number of hydrogen-bond donors (Lipinski definition) is 1. The lowest BCUT2D eigenvalue weighted by atomic mass is 10.1. The van der Waals surface area contributed by atoms with Crippen molar-refractivity contribution in [1.29, 1.82) is 0 Å². The number of nitrogens with zero attached hydrogens (tertiary/aromatic N) is 2. The van der Waals surface area contributed by atoms with E-state index in [4.69, 9.17) is 13.9 Å². The van der Waals surface area contributed by atoms with E-state index in [1.807, 2.05) is 31.2 Å². The van der Waals surface area contributed by atoms with Gasteiger partial charge in [0.05, 0.1) is 11.6 Å². The van der Waals surface area contributed by atoms with Crippen LogP contribution in [0.2, 0.25) is 0 Å². The predicted molar refractivity (Wildman–Crippen MR) is 75.4 cm³/mol. The fourth-order valence-corrected chi connectivity index (χ4v) is 2.02. The average Bonchev–Trinajstić information content (AvgIpc) is 2.87. The molecular formula is C14H19N3O3. The number of anilines is 1. The molecule has 1 aromatic heterocycles. The molecule has 0 radical (unpaired) electrons. The normalized spacial score (nSPS) is 12.7. The van der Waals surface area contributed by atoms with E-state index in [-0.39, 0.29) is 12.3 Å². The molecular weight excluding hydrogens is 258 g/mol. The molecule has 0 saturated heterocycles. The lowest BCUT2D eigenvalue weighted by Gasteiger charge is -2.23. The molecule has 2 aromatic rings. The minimum Gasteiger partial charge on any atom is -0.421 e. The highest BCUT2D eigenvalue weighted by Crippen LogP contribution is 2.27. The molecule has 1 atom stereocenters. The molecule has 0 aliphatic rings. The van der Waals surface area contributed by atoms with E-state index in [9.17, 15) is 0 Å². The first-order chi connectivity index (χ1) is 9.65. The van der Waals surface area contributed by atoms with Crippen LogP contribution in [-0.4, -0.2) is 36.7 Å². The van der Waals surface area contributed by atoms with Crippen LogP contribution in [0.15, 0.2) is 28.7 Å². The number of aryl methyl sites for hydroxylation is 1. The average molecular weight is 277 g/mol. The molecule has 1 unspecified atom stereocenters. The van der Waals surface area contributed by atoms with Gasteiger partial charge in [0.25, 0.3) is 0 Å². The van der Waals surface area contributed by atoms with Gasteiger partial charge in [0.15, 0.2) is 6.29 Å². The molecule has 0 fully saturated rings. The van der Waals surface area contributed by atoms with Crippen molar-refractivity contribution < 1.29 is 13.9 Å². The Labute approximate surface area is 118 Å². The van der Waals surface area contributed by atoms with Crippen molar-refractivity contribution in [3.63, 3.8) is 0 Å². The molecule has 6 heteroatoms. The van der Waals surface area contributed by atoms with Crippen molar-refractivity contribution in [2.75, 3.05) is 19.5 Å². The molecule has 108 valence electrons. The van der Waals surface area contributed by atoms with E-state index < -0.39 is 0 Å². The third kappa shape index (κ3) is 3.15. The van der Waals surface area contributed by atoms with Crippen LogP contribution < -0.4 is 5.32 Å². The summed E-state index contributed by atoms with van der Waals surface area (Å²) in [5.41, 5.74) is 1.74. The van der Waals surface area contributed by atoms with Gasteiger partial charge < -0.3 is 19.2 Å². The van der Waals surface area contributed by atoms with E-state index in [1.165, 1.54) is 0 Å². The number of nitrogens with one attached hydrogen (secondary N) is 1. The Balaban J connectivity index is 2.24. The minimum atomic E-state index is -0.340. The largest absolute Gasteiger partial charge is 0.421 e. The van der Waals surface area contributed by atoms with E-state index in [0.29, 0.717) is 11.8 Å². The quantitative estimate of drug-likeness (QED) is 0.818. The van der Waals surface area contributed by atoms with E-state index in [1.54, 1.807) is 21.1 Å². The number of ether oxygens (including phenoxy) is 2. The molecule has 0 bridgehead atoms. The zero-order valence-electron chi connectivity index (χ0n) is 12.1. The van der Waals surface area contributed by atoms with Gasteiger partial charge in [0, 0.05) is 26.8 Å². The first-order valence-electron chi connectivity index (χ1n) is 6.37. The summed E-state index contributed by atoms with van der Waals surface area (Å²) in [7, 11) is 3.22. The monoisotopic (exact) mass is 277 g/mol. The van der Waals surface area contributed by atoms with Gasteiger partial charge in [-0.3, -0.25) is 0 Å². The van der Waals surface area contributed by atoms with Crippen molar-refractivity contribution >= 4 is 5.69 Å². The van der Waals surface area contributed by atoms with Gasteiger partial charge in [-0.1, -0.05) is 12.1 Å². The molecule has 0 saturated carbocycles. The van der Waals surface area contributed by atoms with Crippen LogP contribution in [0.5, 0.6) is 0 Å². The Morgan fingerprint density at radius 1 is 1.15 bits per heavy atom. The summed E-state index contributed by atoms with van der Waals surface area (Å²) in [6.45, 7) is 3.74. The second-order valence-electron chi connectivity index (χ2n) is 4.44. The SMILES string of the molecule is COC(OC)C(C)Nc1ccccc1-c1nnc(C)o1. The zero-order valence-corrected chi connectivity index (χ0v) is 12.1. The number of benzene rings is 1. The molecule has 6 nitrogen and oxygen atoms in total. The molecule has 0 aliphatic carbocycles. The second-order valence-corrected chi connectivity index (χ2v) is 4.44. The highest BCUT2D eigenvalue weighted by molar-refractivity contribution is 5.72. The minimum absolute atomic E-state index is 0.0323. The van der Waals surface area contributed by atoms with Crippen LogP contribution in [0, 0.1) is 6.92 Å². The Morgan fingerprint density at radius 3 is 2.45 bits per heavy atom. The Kier molecular flexibility index (Phi) is 4.70. The van der Waals surface area contributed by atoms with Crippen molar-refractivity contribution in [3.8, 4) is 11.5 Å². The summed E-state index contributed by atoms with van der Waals surface area (Å²) < 4.78 is 16.0. The molecule has 20 heavy (non-hydrogen) atoms. The Morgan fingerprint density at radius 2 is 1.85 bits per heavy atom. The smallest absolute Gasteiger partial charge is 0.249 e. The standard InChI is InChI=1S/C14H19N3O3/c1-9(14(18-3)19-4)15-12-8-6-5-7-11(12)13-17-16-10(2)20-13/h5-9,14-15H,1-4H3. The van der Waals surface area contributed by atoms with Gasteiger partial charge in [-0.2, -0.15) is 0 Å². The Bertz CT molecular complexity index is 552. The summed E-state index contributed by atoms with van der Waals surface area (Å²) in [4.78, 5) is 0. The number of hydrogen-bond acceptors (Lipinski definition) is 6. The molecule has 2 rings (SSSR count). The number of methoxy groups -OCH3 is 2. The Hall–Kier alpha value is -1.92. The molecule has 0 amide bonds. The topological polar surface area (TPSA) is 69.4 Å². The third-order valence-corrected chi connectivity index (χ3v) is 2.94. The molecule has 0 aliphatic heterocycles. The summed E-state index contributed by atoms with van der Waals surface area (Å²) in [5.74, 6) is 1.03. The molecule has 1 N–H and O–H groups in total. The van der Waals surface area contributed by atoms with Crippen LogP contribution in [0.25, 0.3) is 11.5 Å².